The Kier molecular flexibility index (Phi) is 6.63. The Balaban J connectivity index is 1.46. The first kappa shape index (κ1) is 20.1. The third-order valence-corrected chi connectivity index (χ3v) is 4.46. The van der Waals surface area contributed by atoms with E-state index in [4.69, 9.17) is 9.47 Å². The summed E-state index contributed by atoms with van der Waals surface area (Å²) in [5.74, 6) is -0.221. The molecule has 5 heteroatoms. The van der Waals surface area contributed by atoms with E-state index in [1.807, 2.05) is 50.2 Å². The largest absolute Gasteiger partial charge is 0.489 e. The predicted octanol–water partition coefficient (Wildman–Crippen LogP) is 4.68. The van der Waals surface area contributed by atoms with E-state index in [0.717, 1.165) is 16.7 Å². The summed E-state index contributed by atoms with van der Waals surface area (Å²) in [7, 11) is 0. The van der Waals surface area contributed by atoms with Gasteiger partial charge in [0.1, 0.15) is 12.4 Å². The number of amides is 1. The molecule has 0 radical (unpaired) electrons. The molecule has 0 aliphatic carbocycles. The van der Waals surface area contributed by atoms with Gasteiger partial charge in [-0.25, -0.2) is 4.79 Å². The Bertz CT molecular complexity index is 982. The molecule has 3 rings (SSSR count). The minimum atomic E-state index is -0.520. The molecule has 0 heterocycles. The quantitative estimate of drug-likeness (QED) is 0.596. The topological polar surface area (TPSA) is 64.6 Å². The van der Waals surface area contributed by atoms with E-state index in [-0.39, 0.29) is 6.61 Å². The second-order valence-electron chi connectivity index (χ2n) is 6.72. The van der Waals surface area contributed by atoms with E-state index in [2.05, 4.69) is 5.32 Å². The zero-order valence-corrected chi connectivity index (χ0v) is 16.5. The van der Waals surface area contributed by atoms with Crippen LogP contribution in [-0.2, 0) is 16.1 Å². The van der Waals surface area contributed by atoms with Crippen LogP contribution in [0.2, 0.25) is 0 Å². The lowest BCUT2D eigenvalue weighted by molar-refractivity contribution is -0.119. The summed E-state index contributed by atoms with van der Waals surface area (Å²) in [6, 6.07) is 22.2. The molecule has 3 aromatic carbocycles. The molecule has 0 aliphatic rings. The number of ether oxygens (including phenoxy) is 2. The van der Waals surface area contributed by atoms with E-state index >= 15 is 0 Å². The van der Waals surface area contributed by atoms with Gasteiger partial charge in [0.2, 0.25) is 0 Å². The van der Waals surface area contributed by atoms with Gasteiger partial charge < -0.3 is 14.8 Å². The molecule has 0 saturated heterocycles. The second-order valence-corrected chi connectivity index (χ2v) is 6.72. The molecule has 0 fully saturated rings. The number of nitrogens with one attached hydrogen (secondary N) is 1. The molecule has 5 nitrogen and oxygen atoms in total. The fraction of sp³-hybridized carbons (Fsp3) is 0.167. The Morgan fingerprint density at radius 3 is 2.28 bits per heavy atom. The average Bonchev–Trinajstić information content (AvgIpc) is 2.74. The maximum absolute atomic E-state index is 12.1. The highest BCUT2D eigenvalue weighted by atomic mass is 16.5. The summed E-state index contributed by atoms with van der Waals surface area (Å²) < 4.78 is 10.8. The van der Waals surface area contributed by atoms with Crippen LogP contribution in [0, 0.1) is 13.8 Å². The molecular weight excluding hydrogens is 366 g/mol. The van der Waals surface area contributed by atoms with Crippen LogP contribution in [0.4, 0.5) is 5.69 Å². The smallest absolute Gasteiger partial charge is 0.338 e. The van der Waals surface area contributed by atoms with Gasteiger partial charge in [-0.1, -0.05) is 36.4 Å². The van der Waals surface area contributed by atoms with Crippen molar-refractivity contribution in [3.63, 3.8) is 0 Å². The van der Waals surface area contributed by atoms with Crippen molar-refractivity contribution >= 4 is 17.6 Å². The van der Waals surface area contributed by atoms with Crippen LogP contribution in [0.3, 0.4) is 0 Å². The van der Waals surface area contributed by atoms with E-state index in [1.54, 1.807) is 36.4 Å². The number of rotatable bonds is 7. The zero-order valence-electron chi connectivity index (χ0n) is 16.5. The molecule has 0 unspecified atom stereocenters. The van der Waals surface area contributed by atoms with Gasteiger partial charge in [0.05, 0.1) is 5.56 Å². The van der Waals surface area contributed by atoms with E-state index in [1.165, 1.54) is 0 Å². The van der Waals surface area contributed by atoms with Crippen molar-refractivity contribution in [2.24, 2.45) is 0 Å². The van der Waals surface area contributed by atoms with Crippen LogP contribution in [-0.4, -0.2) is 18.5 Å². The second kappa shape index (κ2) is 9.55. The van der Waals surface area contributed by atoms with Crippen LogP contribution < -0.4 is 10.1 Å². The van der Waals surface area contributed by atoms with Crippen molar-refractivity contribution in [2.75, 3.05) is 11.9 Å². The average molecular weight is 389 g/mol. The number of hydrogen-bond acceptors (Lipinski definition) is 4. The third kappa shape index (κ3) is 5.94. The highest BCUT2D eigenvalue weighted by molar-refractivity contribution is 5.95. The first-order chi connectivity index (χ1) is 14.0. The monoisotopic (exact) mass is 389 g/mol. The number of hydrogen-bond donors (Lipinski definition) is 1. The van der Waals surface area contributed by atoms with Crippen molar-refractivity contribution in [3.8, 4) is 5.75 Å². The first-order valence-electron chi connectivity index (χ1n) is 9.32. The molecule has 0 aliphatic heterocycles. The van der Waals surface area contributed by atoms with Gasteiger partial charge in [-0.05, 0) is 66.9 Å². The number of benzene rings is 3. The Labute approximate surface area is 170 Å². The molecule has 0 spiro atoms. The lowest BCUT2D eigenvalue weighted by Crippen LogP contribution is -2.21. The zero-order chi connectivity index (χ0) is 20.6. The van der Waals surface area contributed by atoms with Crippen LogP contribution >= 0.6 is 0 Å². The van der Waals surface area contributed by atoms with Crippen molar-refractivity contribution < 1.29 is 19.1 Å². The highest BCUT2D eigenvalue weighted by Crippen LogP contribution is 2.17. The van der Waals surface area contributed by atoms with Crippen molar-refractivity contribution in [2.45, 2.75) is 20.5 Å². The van der Waals surface area contributed by atoms with Gasteiger partial charge >= 0.3 is 5.97 Å². The Hall–Kier alpha value is -3.60. The van der Waals surface area contributed by atoms with Crippen molar-refractivity contribution in [1.82, 2.24) is 0 Å². The summed E-state index contributed by atoms with van der Waals surface area (Å²) in [6.07, 6.45) is 0. The molecule has 0 aromatic heterocycles. The normalized spacial score (nSPS) is 10.3. The van der Waals surface area contributed by atoms with Gasteiger partial charge in [-0.15, -0.1) is 0 Å². The van der Waals surface area contributed by atoms with Gasteiger partial charge in [-0.3, -0.25) is 4.79 Å². The van der Waals surface area contributed by atoms with Crippen molar-refractivity contribution in [3.05, 3.63) is 95.1 Å². The molecular formula is C24H23NO4. The van der Waals surface area contributed by atoms with Crippen LogP contribution in [0.5, 0.6) is 5.75 Å². The molecule has 148 valence electrons. The molecule has 1 amide bonds. The number of carbonyl (C=O) groups is 2. The predicted molar refractivity (Wildman–Crippen MR) is 112 cm³/mol. The minimum absolute atomic E-state index is 0.349. The molecule has 0 bridgehead atoms. The maximum Gasteiger partial charge on any atom is 0.338 e. The summed E-state index contributed by atoms with van der Waals surface area (Å²) in [6.45, 7) is 4.01. The maximum atomic E-state index is 12.1. The van der Waals surface area contributed by atoms with Gasteiger partial charge in [-0.2, -0.15) is 0 Å². The summed E-state index contributed by atoms with van der Waals surface area (Å²) >= 11 is 0. The lowest BCUT2D eigenvalue weighted by atomic mass is 10.1. The molecule has 1 N–H and O–H groups in total. The molecule has 3 aromatic rings. The molecule has 29 heavy (non-hydrogen) atoms. The Morgan fingerprint density at radius 2 is 1.59 bits per heavy atom. The first-order valence-corrected chi connectivity index (χ1v) is 9.32. The van der Waals surface area contributed by atoms with Crippen molar-refractivity contribution in [1.29, 1.82) is 0 Å². The van der Waals surface area contributed by atoms with Gasteiger partial charge in [0.15, 0.2) is 6.61 Å². The molecule has 0 saturated carbocycles. The highest BCUT2D eigenvalue weighted by Gasteiger charge is 2.11. The summed E-state index contributed by atoms with van der Waals surface area (Å²) in [5.41, 5.74) is 4.20. The summed E-state index contributed by atoms with van der Waals surface area (Å²) in [5, 5.41) is 2.70. The van der Waals surface area contributed by atoms with E-state index in [9.17, 15) is 9.59 Å². The lowest BCUT2D eigenvalue weighted by Gasteiger charge is -2.09. The number of aryl methyl sites for hydroxylation is 2. The van der Waals surface area contributed by atoms with Crippen LogP contribution in [0.25, 0.3) is 0 Å². The van der Waals surface area contributed by atoms with Crippen LogP contribution in [0.15, 0.2) is 72.8 Å². The molecule has 0 atom stereocenters. The number of carbonyl (C=O) groups excluding carboxylic acids is 2. The summed E-state index contributed by atoms with van der Waals surface area (Å²) in [4.78, 5) is 24.1. The standard InChI is InChI=1S/C24H23NO4/c1-17-8-9-20(14-18(17)2)24(27)29-16-23(26)25-21-10-12-22(13-11-21)28-15-19-6-4-3-5-7-19/h3-14H,15-16H2,1-2H3,(H,25,26). The van der Waals surface area contributed by atoms with Crippen LogP contribution in [0.1, 0.15) is 27.0 Å². The number of anilines is 1. The third-order valence-electron chi connectivity index (χ3n) is 4.46. The van der Waals surface area contributed by atoms with E-state index < -0.39 is 11.9 Å². The fourth-order valence-corrected chi connectivity index (χ4v) is 2.66. The SMILES string of the molecule is Cc1ccc(C(=O)OCC(=O)Nc2ccc(OCc3ccccc3)cc2)cc1C. The Morgan fingerprint density at radius 1 is 0.862 bits per heavy atom. The number of esters is 1. The minimum Gasteiger partial charge on any atom is -0.489 e. The van der Waals surface area contributed by atoms with E-state index in [0.29, 0.717) is 23.6 Å². The van der Waals surface area contributed by atoms with Gasteiger partial charge in [0.25, 0.3) is 5.91 Å². The fourth-order valence-electron chi connectivity index (χ4n) is 2.66. The van der Waals surface area contributed by atoms with Gasteiger partial charge in [0, 0.05) is 5.69 Å².